The Labute approximate surface area is 102 Å². The molecule has 93 valence electrons. The summed E-state index contributed by atoms with van der Waals surface area (Å²) in [6.45, 7) is 4.91. The van der Waals surface area contributed by atoms with Crippen LogP contribution in [0.4, 0.5) is 0 Å². The van der Waals surface area contributed by atoms with E-state index in [1.165, 1.54) is 0 Å². The summed E-state index contributed by atoms with van der Waals surface area (Å²) < 4.78 is 0. The SMILES string of the molecule is CC(=O)[O-].CCCCC(CC)C(=O)[O-].[Cu+2]. The van der Waals surface area contributed by atoms with Gasteiger partial charge in [-0.05, 0) is 25.7 Å². The number of unbranched alkanes of at least 4 members (excludes halogenated alkanes) is 1. The van der Waals surface area contributed by atoms with Crippen molar-refractivity contribution in [3.63, 3.8) is 0 Å². The van der Waals surface area contributed by atoms with Crippen LogP contribution >= 0.6 is 0 Å². The van der Waals surface area contributed by atoms with Crippen molar-refractivity contribution in [2.75, 3.05) is 0 Å². The van der Waals surface area contributed by atoms with Crippen molar-refractivity contribution in [3.05, 3.63) is 0 Å². The molecule has 0 fully saturated rings. The number of aliphatic carboxylic acids is 2. The van der Waals surface area contributed by atoms with Gasteiger partial charge in [-0.2, -0.15) is 0 Å². The average molecular weight is 266 g/mol. The summed E-state index contributed by atoms with van der Waals surface area (Å²) in [6.07, 6.45) is 3.52. The minimum atomic E-state index is -1.08. The van der Waals surface area contributed by atoms with Crippen LogP contribution in [-0.2, 0) is 26.7 Å². The third-order valence-corrected chi connectivity index (χ3v) is 1.73. The standard InChI is InChI=1S/C8H16O2.C2H4O2.Cu/c1-3-5-6-7(4-2)8(9)10;1-2(3)4;/h7H,3-6H2,1-2H3,(H,9,10);1H3,(H,3,4);/q;;+2/p-2. The monoisotopic (exact) mass is 265 g/mol. The predicted molar refractivity (Wildman–Crippen MR) is 49.0 cm³/mol. The van der Waals surface area contributed by atoms with E-state index in [0.29, 0.717) is 6.42 Å². The van der Waals surface area contributed by atoms with Crippen LogP contribution in [0.15, 0.2) is 0 Å². The van der Waals surface area contributed by atoms with Crippen LogP contribution in [0, 0.1) is 5.92 Å². The molecule has 1 radical (unpaired) electrons. The first kappa shape index (κ1) is 19.9. The van der Waals surface area contributed by atoms with Crippen LogP contribution in [-0.4, -0.2) is 11.9 Å². The van der Waals surface area contributed by atoms with Crippen molar-refractivity contribution in [1.29, 1.82) is 0 Å². The molecule has 0 aromatic heterocycles. The smallest absolute Gasteiger partial charge is 0.550 e. The number of hydrogen-bond acceptors (Lipinski definition) is 4. The Morgan fingerprint density at radius 2 is 1.60 bits per heavy atom. The van der Waals surface area contributed by atoms with Gasteiger partial charge in [0.25, 0.3) is 0 Å². The van der Waals surface area contributed by atoms with E-state index in [2.05, 4.69) is 6.92 Å². The van der Waals surface area contributed by atoms with Gasteiger partial charge in [-0.1, -0.05) is 26.7 Å². The summed E-state index contributed by atoms with van der Waals surface area (Å²) in [4.78, 5) is 19.2. The first-order valence-corrected chi connectivity index (χ1v) is 4.84. The Morgan fingerprint density at radius 3 is 1.80 bits per heavy atom. The summed E-state index contributed by atoms with van der Waals surface area (Å²) >= 11 is 0. The molecule has 1 unspecified atom stereocenters. The Morgan fingerprint density at radius 1 is 1.20 bits per heavy atom. The van der Waals surface area contributed by atoms with Gasteiger partial charge in [0.1, 0.15) is 0 Å². The van der Waals surface area contributed by atoms with Crippen LogP contribution in [0.2, 0.25) is 0 Å². The number of rotatable bonds is 5. The molecular formula is C10H18CuO4. The fraction of sp³-hybridized carbons (Fsp3) is 0.800. The normalized spacial score (nSPS) is 10.3. The zero-order chi connectivity index (χ0) is 11.6. The molecule has 0 aromatic rings. The predicted octanol–water partition coefficient (Wildman–Crippen LogP) is -0.294. The van der Waals surface area contributed by atoms with Crippen molar-refractivity contribution in [3.8, 4) is 0 Å². The van der Waals surface area contributed by atoms with Crippen LogP contribution in [0.3, 0.4) is 0 Å². The minimum absolute atomic E-state index is 0. The summed E-state index contributed by atoms with van der Waals surface area (Å²) in [6, 6.07) is 0. The molecule has 1 atom stereocenters. The van der Waals surface area contributed by atoms with Gasteiger partial charge in [0, 0.05) is 11.9 Å². The van der Waals surface area contributed by atoms with Gasteiger partial charge < -0.3 is 19.8 Å². The number of hydrogen-bond donors (Lipinski definition) is 0. The van der Waals surface area contributed by atoms with Gasteiger partial charge in [-0.3, -0.25) is 0 Å². The van der Waals surface area contributed by atoms with Crippen LogP contribution < -0.4 is 10.2 Å². The van der Waals surface area contributed by atoms with Gasteiger partial charge in [0.15, 0.2) is 0 Å². The fourth-order valence-electron chi connectivity index (χ4n) is 0.939. The molecule has 0 spiro atoms. The van der Waals surface area contributed by atoms with Gasteiger partial charge in [0.2, 0.25) is 0 Å². The second kappa shape index (κ2) is 13.5. The molecule has 4 nitrogen and oxygen atoms in total. The van der Waals surface area contributed by atoms with Gasteiger partial charge in [0.05, 0.1) is 0 Å². The van der Waals surface area contributed by atoms with Crippen molar-refractivity contribution < 1.29 is 36.9 Å². The molecule has 0 N–H and O–H groups in total. The molecule has 0 aromatic carbocycles. The molecule has 0 saturated heterocycles. The van der Waals surface area contributed by atoms with Crippen LogP contribution in [0.1, 0.15) is 46.5 Å². The van der Waals surface area contributed by atoms with Crippen molar-refractivity contribution in [1.82, 2.24) is 0 Å². The van der Waals surface area contributed by atoms with E-state index in [1.807, 2.05) is 6.92 Å². The third-order valence-electron chi connectivity index (χ3n) is 1.73. The number of carboxylic acid groups (broad SMARTS) is 2. The largest absolute Gasteiger partial charge is 2.00 e. The first-order chi connectivity index (χ1) is 6.45. The maximum absolute atomic E-state index is 10.3. The van der Waals surface area contributed by atoms with E-state index in [-0.39, 0.29) is 23.0 Å². The molecular weight excluding hydrogens is 248 g/mol. The Balaban J connectivity index is -0.000000249. The molecule has 0 aliphatic heterocycles. The van der Waals surface area contributed by atoms with Crippen molar-refractivity contribution in [2.24, 2.45) is 5.92 Å². The first-order valence-electron chi connectivity index (χ1n) is 4.84. The van der Waals surface area contributed by atoms with E-state index in [0.717, 1.165) is 26.2 Å². The summed E-state index contributed by atoms with van der Waals surface area (Å²) in [5.41, 5.74) is 0. The molecule has 15 heavy (non-hydrogen) atoms. The molecule has 0 rings (SSSR count). The fourth-order valence-corrected chi connectivity index (χ4v) is 0.939. The molecule has 0 heterocycles. The Kier molecular flexibility index (Phi) is 17.9. The van der Waals surface area contributed by atoms with Gasteiger partial charge in [-0.25, -0.2) is 0 Å². The summed E-state index contributed by atoms with van der Waals surface area (Å²) in [5.74, 6) is -2.20. The summed E-state index contributed by atoms with van der Waals surface area (Å²) in [5, 5.41) is 19.2. The number of carboxylic acids is 2. The van der Waals surface area contributed by atoms with Gasteiger partial charge >= 0.3 is 17.1 Å². The number of carbonyl (C=O) groups is 2. The average Bonchev–Trinajstić information content (AvgIpc) is 2.04. The zero-order valence-electron chi connectivity index (χ0n) is 9.34. The third kappa shape index (κ3) is 19.8. The van der Waals surface area contributed by atoms with E-state index >= 15 is 0 Å². The topological polar surface area (TPSA) is 80.3 Å². The van der Waals surface area contributed by atoms with Crippen LogP contribution in [0.5, 0.6) is 0 Å². The molecule has 0 bridgehead atoms. The Hall–Kier alpha value is -0.541. The van der Waals surface area contributed by atoms with E-state index in [1.54, 1.807) is 0 Å². The quantitative estimate of drug-likeness (QED) is 0.640. The molecule has 0 saturated carbocycles. The number of carbonyl (C=O) groups excluding carboxylic acids is 2. The minimum Gasteiger partial charge on any atom is -0.550 e. The van der Waals surface area contributed by atoms with Crippen molar-refractivity contribution >= 4 is 11.9 Å². The van der Waals surface area contributed by atoms with Crippen LogP contribution in [0.25, 0.3) is 0 Å². The maximum Gasteiger partial charge on any atom is 2.00 e. The second-order valence-corrected chi connectivity index (χ2v) is 3.06. The van der Waals surface area contributed by atoms with E-state index in [9.17, 15) is 9.90 Å². The molecule has 5 heteroatoms. The molecule has 0 aliphatic carbocycles. The van der Waals surface area contributed by atoms with E-state index < -0.39 is 11.9 Å². The molecule has 0 amide bonds. The maximum atomic E-state index is 10.3. The van der Waals surface area contributed by atoms with E-state index in [4.69, 9.17) is 9.90 Å². The Bertz CT molecular complexity index is 167. The molecule has 0 aliphatic rings. The summed E-state index contributed by atoms with van der Waals surface area (Å²) in [7, 11) is 0. The second-order valence-electron chi connectivity index (χ2n) is 3.06. The van der Waals surface area contributed by atoms with Gasteiger partial charge in [-0.15, -0.1) is 0 Å². The zero-order valence-corrected chi connectivity index (χ0v) is 10.3. The van der Waals surface area contributed by atoms with Crippen molar-refractivity contribution in [2.45, 2.75) is 46.5 Å².